The summed E-state index contributed by atoms with van der Waals surface area (Å²) in [5.74, 6) is 1.79. The van der Waals surface area contributed by atoms with Gasteiger partial charge in [0.1, 0.15) is 0 Å². The van der Waals surface area contributed by atoms with Gasteiger partial charge in [-0.25, -0.2) is 0 Å². The Morgan fingerprint density at radius 2 is 1.81 bits per heavy atom. The van der Waals surface area contributed by atoms with Gasteiger partial charge in [0.05, 0.1) is 13.2 Å². The molecule has 3 atom stereocenters. The number of nitrogens with one attached hydrogen (secondary N) is 1. The molecule has 1 heterocycles. The molecule has 0 aromatic carbocycles. The van der Waals surface area contributed by atoms with Gasteiger partial charge in [-0.15, -0.1) is 0 Å². The van der Waals surface area contributed by atoms with E-state index in [2.05, 4.69) is 24.2 Å². The Kier molecular flexibility index (Phi) is 5.23. The van der Waals surface area contributed by atoms with Gasteiger partial charge < -0.3 is 10.1 Å². The minimum absolute atomic E-state index is 0.417. The SMILES string of the molecule is CNC(C1CCCC(C)C1)C1(N2CCOCC2)CCCC1. The van der Waals surface area contributed by atoms with E-state index < -0.39 is 0 Å². The lowest BCUT2D eigenvalue weighted by Crippen LogP contribution is -2.64. The highest BCUT2D eigenvalue weighted by Gasteiger charge is 2.48. The molecule has 0 aromatic heterocycles. The van der Waals surface area contributed by atoms with Crippen molar-refractivity contribution in [2.24, 2.45) is 11.8 Å². The first kappa shape index (κ1) is 15.8. The van der Waals surface area contributed by atoms with Crippen molar-refractivity contribution in [1.29, 1.82) is 0 Å². The molecule has 3 unspecified atom stereocenters. The first-order chi connectivity index (χ1) is 10.3. The Morgan fingerprint density at radius 3 is 2.43 bits per heavy atom. The normalized spacial score (nSPS) is 35.7. The zero-order chi connectivity index (χ0) is 14.7. The van der Waals surface area contributed by atoms with E-state index >= 15 is 0 Å². The molecular formula is C18H34N2O. The van der Waals surface area contributed by atoms with Crippen LogP contribution in [-0.2, 0) is 4.74 Å². The number of nitrogens with zero attached hydrogens (tertiary/aromatic N) is 1. The molecule has 0 amide bonds. The second-order valence-electron chi connectivity index (χ2n) is 7.71. The zero-order valence-electron chi connectivity index (χ0n) is 14.1. The van der Waals surface area contributed by atoms with Crippen LogP contribution in [-0.4, -0.2) is 49.8 Å². The fraction of sp³-hybridized carbons (Fsp3) is 1.00. The van der Waals surface area contributed by atoms with Crippen LogP contribution in [0.25, 0.3) is 0 Å². The van der Waals surface area contributed by atoms with Crippen LogP contribution >= 0.6 is 0 Å². The van der Waals surface area contributed by atoms with E-state index in [0.717, 1.165) is 38.1 Å². The number of morpholine rings is 1. The Morgan fingerprint density at radius 1 is 1.10 bits per heavy atom. The summed E-state index contributed by atoms with van der Waals surface area (Å²) in [6, 6.07) is 0.681. The monoisotopic (exact) mass is 294 g/mol. The summed E-state index contributed by atoms with van der Waals surface area (Å²) in [6.07, 6.45) is 11.3. The maximum Gasteiger partial charge on any atom is 0.0594 e. The average Bonchev–Trinajstić information content (AvgIpc) is 3.00. The molecule has 1 N–H and O–H groups in total. The summed E-state index contributed by atoms with van der Waals surface area (Å²) in [5, 5.41) is 3.79. The summed E-state index contributed by atoms with van der Waals surface area (Å²) in [5.41, 5.74) is 0.417. The van der Waals surface area contributed by atoms with E-state index in [4.69, 9.17) is 4.74 Å². The highest BCUT2D eigenvalue weighted by atomic mass is 16.5. The largest absolute Gasteiger partial charge is 0.379 e. The number of likely N-dealkylation sites (N-methyl/N-ethyl adjacent to an activating group) is 1. The molecule has 0 radical (unpaired) electrons. The van der Waals surface area contributed by atoms with Crippen LogP contribution in [0.5, 0.6) is 0 Å². The first-order valence-corrected chi connectivity index (χ1v) is 9.26. The molecule has 2 saturated carbocycles. The van der Waals surface area contributed by atoms with Crippen molar-refractivity contribution in [3.63, 3.8) is 0 Å². The predicted molar refractivity (Wildman–Crippen MR) is 87.6 cm³/mol. The smallest absolute Gasteiger partial charge is 0.0594 e. The van der Waals surface area contributed by atoms with Crippen LogP contribution in [0.15, 0.2) is 0 Å². The van der Waals surface area contributed by atoms with E-state index in [0.29, 0.717) is 11.6 Å². The predicted octanol–water partition coefficient (Wildman–Crippen LogP) is 3.05. The van der Waals surface area contributed by atoms with Crippen LogP contribution in [0.2, 0.25) is 0 Å². The molecule has 0 aromatic rings. The molecule has 3 rings (SSSR count). The first-order valence-electron chi connectivity index (χ1n) is 9.26. The summed E-state index contributed by atoms with van der Waals surface area (Å²) >= 11 is 0. The molecule has 3 aliphatic rings. The molecule has 0 spiro atoms. The number of hydrogen-bond donors (Lipinski definition) is 1. The van der Waals surface area contributed by atoms with Crippen molar-refractivity contribution in [2.45, 2.75) is 69.9 Å². The summed E-state index contributed by atoms with van der Waals surface area (Å²) in [7, 11) is 2.21. The van der Waals surface area contributed by atoms with E-state index in [9.17, 15) is 0 Å². The fourth-order valence-corrected chi connectivity index (χ4v) is 5.55. The standard InChI is InChI=1S/C18H34N2O/c1-15-6-5-7-16(14-15)17(19-2)18(8-3-4-9-18)20-10-12-21-13-11-20/h15-17,19H,3-14H2,1-2H3. The zero-order valence-corrected chi connectivity index (χ0v) is 14.1. The Balaban J connectivity index is 1.79. The molecule has 122 valence electrons. The second-order valence-corrected chi connectivity index (χ2v) is 7.71. The number of hydrogen-bond acceptors (Lipinski definition) is 3. The van der Waals surface area contributed by atoms with Gasteiger partial charge in [-0.3, -0.25) is 4.90 Å². The van der Waals surface area contributed by atoms with Crippen LogP contribution < -0.4 is 5.32 Å². The van der Waals surface area contributed by atoms with Gasteiger partial charge in [0.25, 0.3) is 0 Å². The van der Waals surface area contributed by atoms with Gasteiger partial charge in [-0.05, 0) is 44.6 Å². The highest BCUT2D eigenvalue weighted by molar-refractivity contribution is 5.06. The Bertz CT molecular complexity index is 321. The van der Waals surface area contributed by atoms with E-state index in [1.165, 1.54) is 51.4 Å². The van der Waals surface area contributed by atoms with Crippen molar-refractivity contribution in [2.75, 3.05) is 33.4 Å². The van der Waals surface area contributed by atoms with Crippen molar-refractivity contribution in [3.05, 3.63) is 0 Å². The third-order valence-electron chi connectivity index (χ3n) is 6.45. The van der Waals surface area contributed by atoms with Crippen LogP contribution in [0, 0.1) is 11.8 Å². The number of ether oxygens (including phenoxy) is 1. The number of rotatable bonds is 4. The van der Waals surface area contributed by atoms with Crippen LogP contribution in [0.3, 0.4) is 0 Å². The molecular weight excluding hydrogens is 260 g/mol. The molecule has 1 aliphatic heterocycles. The van der Waals surface area contributed by atoms with Gasteiger partial charge in [0, 0.05) is 24.7 Å². The molecule has 0 bridgehead atoms. The maximum absolute atomic E-state index is 5.62. The summed E-state index contributed by atoms with van der Waals surface area (Å²) in [4.78, 5) is 2.80. The van der Waals surface area contributed by atoms with E-state index in [1.807, 2.05) is 0 Å². The van der Waals surface area contributed by atoms with Gasteiger partial charge >= 0.3 is 0 Å². The van der Waals surface area contributed by atoms with Crippen molar-refractivity contribution in [1.82, 2.24) is 10.2 Å². The van der Waals surface area contributed by atoms with Gasteiger partial charge in [-0.1, -0.05) is 32.6 Å². The van der Waals surface area contributed by atoms with Crippen LogP contribution in [0.1, 0.15) is 58.3 Å². The van der Waals surface area contributed by atoms with Gasteiger partial charge in [-0.2, -0.15) is 0 Å². The molecule has 1 saturated heterocycles. The molecule has 3 fully saturated rings. The third-order valence-corrected chi connectivity index (χ3v) is 6.45. The Hall–Kier alpha value is -0.120. The minimum Gasteiger partial charge on any atom is -0.379 e. The van der Waals surface area contributed by atoms with Crippen molar-refractivity contribution in [3.8, 4) is 0 Å². The molecule has 3 nitrogen and oxygen atoms in total. The molecule has 2 aliphatic carbocycles. The Labute approximate surface area is 130 Å². The highest BCUT2D eigenvalue weighted by Crippen LogP contribution is 2.44. The second kappa shape index (κ2) is 6.97. The minimum atomic E-state index is 0.417. The van der Waals surface area contributed by atoms with Crippen molar-refractivity contribution >= 4 is 0 Å². The van der Waals surface area contributed by atoms with Crippen LogP contribution in [0.4, 0.5) is 0 Å². The van der Waals surface area contributed by atoms with E-state index in [-0.39, 0.29) is 0 Å². The average molecular weight is 294 g/mol. The lowest BCUT2D eigenvalue weighted by atomic mass is 9.70. The van der Waals surface area contributed by atoms with Gasteiger partial charge in [0.15, 0.2) is 0 Å². The van der Waals surface area contributed by atoms with Gasteiger partial charge in [0.2, 0.25) is 0 Å². The quantitative estimate of drug-likeness (QED) is 0.862. The fourth-order valence-electron chi connectivity index (χ4n) is 5.55. The molecule has 3 heteroatoms. The summed E-state index contributed by atoms with van der Waals surface area (Å²) < 4.78 is 5.62. The lowest BCUT2D eigenvalue weighted by molar-refractivity contribution is -0.0476. The van der Waals surface area contributed by atoms with Crippen molar-refractivity contribution < 1.29 is 4.74 Å². The molecule has 21 heavy (non-hydrogen) atoms. The maximum atomic E-state index is 5.62. The summed E-state index contributed by atoms with van der Waals surface area (Å²) in [6.45, 7) is 6.59. The third kappa shape index (κ3) is 3.16. The lowest BCUT2D eigenvalue weighted by Gasteiger charge is -2.51. The topological polar surface area (TPSA) is 24.5 Å². The van der Waals surface area contributed by atoms with E-state index in [1.54, 1.807) is 0 Å².